The highest BCUT2D eigenvalue weighted by Crippen LogP contribution is 2.30. The molecule has 2 fully saturated rings. The highest BCUT2D eigenvalue weighted by atomic mass is 32.2. The predicted octanol–water partition coefficient (Wildman–Crippen LogP) is 4.21. The van der Waals surface area contributed by atoms with Crippen LogP contribution in [0.3, 0.4) is 0 Å². The summed E-state index contributed by atoms with van der Waals surface area (Å²) in [5, 5.41) is 0. The van der Waals surface area contributed by atoms with Crippen molar-refractivity contribution in [2.24, 2.45) is 11.8 Å². The average Bonchev–Trinajstić information content (AvgIpc) is 2.84. The summed E-state index contributed by atoms with van der Waals surface area (Å²) >= 11 is 0. The number of carbonyl (C=O) groups excluding carboxylic acids is 1. The average molecular weight is 471 g/mol. The molecule has 2 aliphatic rings. The second-order valence-corrected chi connectivity index (χ2v) is 11.3. The van der Waals surface area contributed by atoms with E-state index in [2.05, 4.69) is 31.2 Å². The second-order valence-electron chi connectivity index (χ2n) is 9.37. The van der Waals surface area contributed by atoms with Crippen molar-refractivity contribution in [2.75, 3.05) is 33.3 Å². The van der Waals surface area contributed by atoms with Gasteiger partial charge in [-0.3, -0.25) is 4.79 Å². The minimum atomic E-state index is -3.63. The first-order valence-corrected chi connectivity index (χ1v) is 13.3. The van der Waals surface area contributed by atoms with Gasteiger partial charge in [-0.2, -0.15) is 4.31 Å². The Hall–Kier alpha value is -2.38. The van der Waals surface area contributed by atoms with Crippen LogP contribution in [0.4, 0.5) is 0 Å². The number of methoxy groups -OCH3 is 1. The molecule has 0 aliphatic carbocycles. The number of amides is 1. The molecular weight excluding hydrogens is 436 g/mol. The molecule has 0 saturated carbocycles. The van der Waals surface area contributed by atoms with Crippen LogP contribution >= 0.6 is 0 Å². The van der Waals surface area contributed by atoms with Crippen LogP contribution in [-0.2, 0) is 16.4 Å². The summed E-state index contributed by atoms with van der Waals surface area (Å²) in [4.78, 5) is 15.4. The minimum absolute atomic E-state index is 0.158. The lowest BCUT2D eigenvalue weighted by Crippen LogP contribution is -2.39. The second kappa shape index (κ2) is 10.3. The molecule has 0 N–H and O–H groups in total. The lowest BCUT2D eigenvalue weighted by atomic mass is 9.90. The van der Waals surface area contributed by atoms with E-state index in [1.54, 1.807) is 12.1 Å². The van der Waals surface area contributed by atoms with Crippen molar-refractivity contribution in [1.82, 2.24) is 9.21 Å². The van der Waals surface area contributed by atoms with Crippen molar-refractivity contribution >= 4 is 15.9 Å². The first-order valence-electron chi connectivity index (χ1n) is 11.9. The number of hydrogen-bond donors (Lipinski definition) is 0. The van der Waals surface area contributed by atoms with Crippen molar-refractivity contribution in [1.29, 1.82) is 0 Å². The van der Waals surface area contributed by atoms with Gasteiger partial charge in [0.1, 0.15) is 5.75 Å². The molecule has 0 atom stereocenters. The van der Waals surface area contributed by atoms with Crippen LogP contribution in [-0.4, -0.2) is 56.8 Å². The SMILES string of the molecule is COc1ccc(S(=O)(=O)N2CCC(C)CC2)cc1C(=O)N1CCC(Cc2ccccc2)CC1. The Morgan fingerprint density at radius 1 is 0.970 bits per heavy atom. The zero-order chi connectivity index (χ0) is 23.4. The van der Waals surface area contributed by atoms with Crippen LogP contribution in [0.25, 0.3) is 0 Å². The summed E-state index contributed by atoms with van der Waals surface area (Å²) < 4.78 is 33.4. The fourth-order valence-electron chi connectivity index (χ4n) is 4.85. The van der Waals surface area contributed by atoms with Gasteiger partial charge < -0.3 is 9.64 Å². The largest absolute Gasteiger partial charge is 0.496 e. The van der Waals surface area contributed by atoms with Gasteiger partial charge in [0.05, 0.1) is 17.6 Å². The Morgan fingerprint density at radius 3 is 2.27 bits per heavy atom. The van der Waals surface area contributed by atoms with Gasteiger partial charge in [-0.25, -0.2) is 8.42 Å². The third kappa shape index (κ3) is 5.41. The van der Waals surface area contributed by atoms with E-state index in [1.165, 1.54) is 23.0 Å². The monoisotopic (exact) mass is 470 g/mol. The zero-order valence-electron chi connectivity index (χ0n) is 19.6. The molecule has 178 valence electrons. The maximum atomic E-state index is 13.4. The quantitative estimate of drug-likeness (QED) is 0.634. The maximum Gasteiger partial charge on any atom is 0.257 e. The van der Waals surface area contributed by atoms with E-state index in [9.17, 15) is 13.2 Å². The highest BCUT2D eigenvalue weighted by Gasteiger charge is 2.31. The van der Waals surface area contributed by atoms with Crippen LogP contribution in [0.1, 0.15) is 48.5 Å². The van der Waals surface area contributed by atoms with Crippen LogP contribution in [0.15, 0.2) is 53.4 Å². The number of likely N-dealkylation sites (tertiary alicyclic amines) is 1. The standard InChI is InChI=1S/C26H34N2O4S/c1-20-10-16-28(17-11-20)33(30,31)23-8-9-25(32-2)24(19-23)26(29)27-14-12-22(13-15-27)18-21-6-4-3-5-7-21/h3-9,19-20,22H,10-18H2,1-2H3. The number of benzene rings is 2. The molecule has 7 heteroatoms. The van der Waals surface area contributed by atoms with Gasteiger partial charge in [-0.05, 0) is 67.7 Å². The number of sulfonamides is 1. The number of nitrogens with zero attached hydrogens (tertiary/aromatic N) is 2. The van der Waals surface area contributed by atoms with E-state index in [0.29, 0.717) is 49.3 Å². The smallest absolute Gasteiger partial charge is 0.257 e. The van der Waals surface area contributed by atoms with Crippen LogP contribution in [0.5, 0.6) is 5.75 Å². The van der Waals surface area contributed by atoms with Crippen molar-refractivity contribution in [3.05, 3.63) is 59.7 Å². The molecule has 1 amide bonds. The summed E-state index contributed by atoms with van der Waals surface area (Å²) in [6, 6.07) is 15.1. The molecule has 6 nitrogen and oxygen atoms in total. The van der Waals surface area contributed by atoms with E-state index in [0.717, 1.165) is 32.1 Å². The normalized spacial score (nSPS) is 18.9. The van der Waals surface area contributed by atoms with Gasteiger partial charge in [0.2, 0.25) is 10.0 Å². The number of piperidine rings is 2. The molecule has 33 heavy (non-hydrogen) atoms. The molecule has 0 spiro atoms. The Morgan fingerprint density at radius 2 is 1.64 bits per heavy atom. The van der Waals surface area contributed by atoms with Crippen LogP contribution < -0.4 is 4.74 Å². The summed E-state index contributed by atoms with van der Waals surface area (Å²) in [5.41, 5.74) is 1.65. The molecule has 2 heterocycles. The van der Waals surface area contributed by atoms with Gasteiger partial charge in [-0.15, -0.1) is 0 Å². The topological polar surface area (TPSA) is 66.9 Å². The molecule has 4 rings (SSSR count). The van der Waals surface area contributed by atoms with Gasteiger partial charge in [0.15, 0.2) is 0 Å². The number of rotatable bonds is 6. The summed E-state index contributed by atoms with van der Waals surface area (Å²) in [6.07, 6.45) is 4.62. The first kappa shape index (κ1) is 23.8. The molecule has 2 aliphatic heterocycles. The van der Waals surface area contributed by atoms with E-state index in [4.69, 9.17) is 4.74 Å². The third-order valence-corrected chi connectivity index (χ3v) is 8.95. The number of hydrogen-bond acceptors (Lipinski definition) is 4. The molecule has 0 radical (unpaired) electrons. The summed E-state index contributed by atoms with van der Waals surface area (Å²) in [7, 11) is -2.12. The Bertz CT molecular complexity index is 1050. The van der Waals surface area contributed by atoms with Crippen molar-refractivity contribution in [2.45, 2.75) is 43.9 Å². The van der Waals surface area contributed by atoms with Crippen LogP contribution in [0.2, 0.25) is 0 Å². The first-order chi connectivity index (χ1) is 15.9. The van der Waals surface area contributed by atoms with Crippen LogP contribution in [0, 0.1) is 11.8 Å². The molecule has 2 aromatic rings. The number of ether oxygens (including phenoxy) is 1. The van der Waals surface area contributed by atoms with Gasteiger partial charge in [0.25, 0.3) is 5.91 Å². The van der Waals surface area contributed by atoms with E-state index in [1.807, 2.05) is 11.0 Å². The molecule has 0 bridgehead atoms. The van der Waals surface area contributed by atoms with Gasteiger partial charge in [0, 0.05) is 26.2 Å². The molecule has 0 aromatic heterocycles. The summed E-state index contributed by atoms with van der Waals surface area (Å²) in [5.74, 6) is 1.34. The molecular formula is C26H34N2O4S. The lowest BCUT2D eigenvalue weighted by Gasteiger charge is -2.33. The Balaban J connectivity index is 1.47. The van der Waals surface area contributed by atoms with Crippen molar-refractivity contribution in [3.8, 4) is 5.75 Å². The van der Waals surface area contributed by atoms with Gasteiger partial charge >= 0.3 is 0 Å². The number of carbonyl (C=O) groups is 1. The Kier molecular flexibility index (Phi) is 7.39. The summed E-state index contributed by atoms with van der Waals surface area (Å²) in [6.45, 7) is 4.53. The fraction of sp³-hybridized carbons (Fsp3) is 0.500. The van der Waals surface area contributed by atoms with E-state index < -0.39 is 10.0 Å². The van der Waals surface area contributed by atoms with Crippen molar-refractivity contribution < 1.29 is 17.9 Å². The molecule has 2 saturated heterocycles. The lowest BCUT2D eigenvalue weighted by molar-refractivity contribution is 0.0687. The molecule has 2 aromatic carbocycles. The van der Waals surface area contributed by atoms with E-state index >= 15 is 0 Å². The van der Waals surface area contributed by atoms with Gasteiger partial charge in [-0.1, -0.05) is 37.3 Å². The fourth-order valence-corrected chi connectivity index (χ4v) is 6.34. The third-order valence-electron chi connectivity index (χ3n) is 7.05. The highest BCUT2D eigenvalue weighted by molar-refractivity contribution is 7.89. The minimum Gasteiger partial charge on any atom is -0.496 e. The van der Waals surface area contributed by atoms with E-state index in [-0.39, 0.29) is 10.8 Å². The maximum absolute atomic E-state index is 13.4. The molecule has 0 unspecified atom stereocenters. The Labute approximate surface area is 197 Å². The van der Waals surface area contributed by atoms with Crippen molar-refractivity contribution in [3.63, 3.8) is 0 Å². The predicted molar refractivity (Wildman–Crippen MR) is 129 cm³/mol. The zero-order valence-corrected chi connectivity index (χ0v) is 20.4.